The Morgan fingerprint density at radius 1 is 0.641 bits per heavy atom. The van der Waals surface area contributed by atoms with E-state index in [2.05, 4.69) is 198 Å². The largest absolute Gasteiger partial charge is 0.509 e. The molecule has 0 saturated heterocycles. The second-order valence-corrected chi connectivity index (χ2v) is 19.9. The first kappa shape index (κ1) is 44.5. The number of aryl methyl sites for hydroxylation is 1. The van der Waals surface area contributed by atoms with Gasteiger partial charge in [0.2, 0.25) is 0 Å². The number of hydrogen-bond acceptors (Lipinski definition) is 4. The van der Waals surface area contributed by atoms with Gasteiger partial charge in [0, 0.05) is 61.3 Å². The van der Waals surface area contributed by atoms with Crippen molar-refractivity contribution in [3.05, 3.63) is 179 Å². The molecule has 0 unspecified atom stereocenters. The summed E-state index contributed by atoms with van der Waals surface area (Å²) in [5.74, 6) is 1.93. The quantitative estimate of drug-likeness (QED) is 0.156. The topological polar surface area (TPSA) is 37.9 Å². The number of benzene rings is 6. The second kappa shape index (κ2) is 16.4. The zero-order valence-corrected chi connectivity index (χ0v) is 40.9. The van der Waals surface area contributed by atoms with Crippen LogP contribution in [0, 0.1) is 39.2 Å². The van der Waals surface area contributed by atoms with Gasteiger partial charge in [-0.2, -0.15) is 6.07 Å². The van der Waals surface area contributed by atoms with Gasteiger partial charge in [0.15, 0.2) is 5.69 Å². The number of para-hydroxylation sites is 3. The van der Waals surface area contributed by atoms with E-state index in [0.29, 0.717) is 17.2 Å². The fourth-order valence-corrected chi connectivity index (χ4v) is 8.68. The molecule has 2 aromatic heterocycles. The Hall–Kier alpha value is -6.15. The molecule has 3 heterocycles. The van der Waals surface area contributed by atoms with Crippen LogP contribution in [0.4, 0.5) is 28.4 Å². The molecular formula is C57H54N5OPt-3. The van der Waals surface area contributed by atoms with Crippen molar-refractivity contribution < 1.29 is 25.8 Å². The van der Waals surface area contributed by atoms with Crippen molar-refractivity contribution in [1.82, 2.24) is 9.55 Å². The minimum Gasteiger partial charge on any atom is -0.509 e. The third kappa shape index (κ3) is 8.12. The third-order valence-electron chi connectivity index (χ3n) is 12.3. The van der Waals surface area contributed by atoms with Gasteiger partial charge >= 0.3 is 0 Å². The summed E-state index contributed by atoms with van der Waals surface area (Å²) in [7, 11) is 0. The molecule has 0 amide bonds. The second-order valence-electron chi connectivity index (χ2n) is 19.9. The molecule has 0 aliphatic carbocycles. The standard InChI is InChI=1S/C57H54N5O.Pt/c1-36-21-24-48(58-12)37(2)54(36)38-27-42(60-35-61(51-20-16-15-19-50(51)60)43-30-40(56(6,7)8)29-41(31-43)57(9,10)11)33-45(28-38)63-44-22-23-47-46-17-13-14-18-49(46)62(52(47)34-44)53-32-39(25-26-59-53)55(3,4)5;/h13-32,35H,1-11H3;/q-3;. The van der Waals surface area contributed by atoms with Crippen molar-refractivity contribution in [2.75, 3.05) is 9.80 Å². The van der Waals surface area contributed by atoms with Crippen LogP contribution < -0.4 is 14.5 Å². The van der Waals surface area contributed by atoms with E-state index in [1.54, 1.807) is 0 Å². The minimum atomic E-state index is -0.0475. The van der Waals surface area contributed by atoms with Gasteiger partial charge in [0.1, 0.15) is 5.82 Å². The van der Waals surface area contributed by atoms with E-state index in [0.717, 1.165) is 72.6 Å². The number of rotatable bonds is 6. The van der Waals surface area contributed by atoms with Gasteiger partial charge < -0.3 is 19.1 Å². The average molecular weight is 1020 g/mol. The predicted octanol–water partition coefficient (Wildman–Crippen LogP) is 15.7. The number of nitrogens with zero attached hydrogens (tertiary/aromatic N) is 5. The van der Waals surface area contributed by atoms with Gasteiger partial charge in [-0.15, -0.1) is 53.6 Å². The molecule has 0 bridgehead atoms. The van der Waals surface area contributed by atoms with Crippen LogP contribution in [0.5, 0.6) is 11.5 Å². The van der Waals surface area contributed by atoms with E-state index in [1.807, 2.05) is 37.4 Å². The monoisotopic (exact) mass is 1020 g/mol. The molecule has 0 atom stereocenters. The molecule has 9 rings (SSSR count). The van der Waals surface area contributed by atoms with Gasteiger partial charge in [-0.3, -0.25) is 0 Å². The number of ether oxygens (including phenoxy) is 1. The van der Waals surface area contributed by atoms with E-state index < -0.39 is 0 Å². The van der Waals surface area contributed by atoms with E-state index in [-0.39, 0.29) is 37.3 Å². The number of fused-ring (bicyclic) bond motifs is 4. The zero-order valence-electron chi connectivity index (χ0n) is 38.6. The van der Waals surface area contributed by atoms with Crippen LogP contribution in [0.2, 0.25) is 0 Å². The molecule has 0 N–H and O–H groups in total. The molecular weight excluding hydrogens is 966 g/mol. The third-order valence-corrected chi connectivity index (χ3v) is 12.3. The van der Waals surface area contributed by atoms with Crippen LogP contribution in [-0.4, -0.2) is 9.55 Å². The smallest absolute Gasteiger partial charge is 0.190 e. The van der Waals surface area contributed by atoms with Crippen LogP contribution in [0.25, 0.3) is 43.6 Å². The Kier molecular flexibility index (Phi) is 11.4. The van der Waals surface area contributed by atoms with Crippen molar-refractivity contribution in [2.45, 2.75) is 92.4 Å². The van der Waals surface area contributed by atoms with Crippen LogP contribution in [0.3, 0.4) is 0 Å². The molecule has 0 fully saturated rings. The SMILES string of the molecule is [C-]#[N+]c1ccc(C)c(-c2cc(Oc3[c-]c4c(cc3)c3ccccc3n4-c3cc(C(C)(C)C)ccn3)[c-]c(N3[CH-]N(c4cc(C(C)(C)C)cc(C(C)(C)C)c4)c4ccccc43)c2)c1C.[Pt]. The summed E-state index contributed by atoms with van der Waals surface area (Å²) in [5.41, 5.74) is 14.2. The molecule has 0 saturated carbocycles. The Balaban J connectivity index is 0.00000560. The molecule has 1 aliphatic rings. The molecule has 6 aromatic carbocycles. The van der Waals surface area contributed by atoms with E-state index >= 15 is 0 Å². The van der Waals surface area contributed by atoms with E-state index in [9.17, 15) is 0 Å². The van der Waals surface area contributed by atoms with Gasteiger partial charge in [-0.25, -0.2) is 9.83 Å². The van der Waals surface area contributed by atoms with Crippen molar-refractivity contribution in [1.29, 1.82) is 0 Å². The van der Waals surface area contributed by atoms with E-state index in [1.165, 1.54) is 16.7 Å². The predicted molar refractivity (Wildman–Crippen MR) is 261 cm³/mol. The Morgan fingerprint density at radius 2 is 1.30 bits per heavy atom. The molecule has 7 heteroatoms. The maximum absolute atomic E-state index is 7.97. The summed E-state index contributed by atoms with van der Waals surface area (Å²) in [5, 5.41) is 2.19. The van der Waals surface area contributed by atoms with Gasteiger partial charge in [0.05, 0.1) is 6.57 Å². The average Bonchev–Trinajstić information content (AvgIpc) is 3.79. The maximum Gasteiger partial charge on any atom is 0.190 e. The number of pyridine rings is 1. The number of aromatic nitrogens is 2. The van der Waals surface area contributed by atoms with Gasteiger partial charge in [0.25, 0.3) is 0 Å². The van der Waals surface area contributed by atoms with Gasteiger partial charge in [-0.05, 0) is 111 Å². The Labute approximate surface area is 393 Å². The van der Waals surface area contributed by atoms with Crippen molar-refractivity contribution in [2.24, 2.45) is 0 Å². The van der Waals surface area contributed by atoms with Crippen molar-refractivity contribution >= 4 is 50.2 Å². The zero-order chi connectivity index (χ0) is 44.6. The Bertz CT molecular complexity index is 3100. The summed E-state index contributed by atoms with van der Waals surface area (Å²) >= 11 is 0. The van der Waals surface area contributed by atoms with Crippen LogP contribution in [0.15, 0.2) is 121 Å². The molecule has 64 heavy (non-hydrogen) atoms. The first-order valence-corrected chi connectivity index (χ1v) is 21.7. The van der Waals surface area contributed by atoms with E-state index in [4.69, 9.17) is 16.3 Å². The summed E-state index contributed by atoms with van der Waals surface area (Å²) < 4.78 is 9.08. The number of hydrogen-bond donors (Lipinski definition) is 0. The Morgan fingerprint density at radius 3 is 1.97 bits per heavy atom. The molecule has 8 aromatic rings. The van der Waals surface area contributed by atoms with Crippen LogP contribution in [0.1, 0.15) is 90.1 Å². The number of anilines is 4. The first-order chi connectivity index (χ1) is 29.9. The van der Waals surface area contributed by atoms with Crippen LogP contribution in [-0.2, 0) is 37.3 Å². The van der Waals surface area contributed by atoms with Crippen molar-refractivity contribution in [3.8, 4) is 28.4 Å². The fraction of sp³-hybridized carbons (Fsp3) is 0.246. The first-order valence-electron chi connectivity index (χ1n) is 21.7. The summed E-state index contributed by atoms with van der Waals surface area (Å²) in [4.78, 5) is 13.3. The maximum atomic E-state index is 7.97. The molecule has 0 radical (unpaired) electrons. The molecule has 6 nitrogen and oxygen atoms in total. The normalized spacial score (nSPS) is 13.0. The van der Waals surface area contributed by atoms with Crippen molar-refractivity contribution in [3.63, 3.8) is 0 Å². The summed E-state index contributed by atoms with van der Waals surface area (Å²) in [6.45, 7) is 34.6. The molecule has 0 spiro atoms. The van der Waals surface area contributed by atoms with Gasteiger partial charge in [-0.1, -0.05) is 116 Å². The summed E-state index contributed by atoms with van der Waals surface area (Å²) in [6, 6.07) is 47.8. The summed E-state index contributed by atoms with van der Waals surface area (Å²) in [6.07, 6.45) is 1.89. The molecule has 326 valence electrons. The minimum absolute atomic E-state index is 0. The fourth-order valence-electron chi connectivity index (χ4n) is 8.68. The van der Waals surface area contributed by atoms with Crippen LogP contribution >= 0.6 is 0 Å². The molecule has 1 aliphatic heterocycles.